The largest absolute Gasteiger partial charge is 0.302 e. The summed E-state index contributed by atoms with van der Waals surface area (Å²) in [5.74, 6) is 0.509. The van der Waals surface area contributed by atoms with Crippen LogP contribution in [0.3, 0.4) is 0 Å². The smallest absolute Gasteiger partial charge is 0.0738 e. The third kappa shape index (κ3) is 2.22. The Hall–Kier alpha value is -0.830. The number of benzene rings is 1. The van der Waals surface area contributed by atoms with E-state index in [2.05, 4.69) is 18.9 Å². The Labute approximate surface area is 123 Å². The minimum atomic E-state index is 0.509. The summed E-state index contributed by atoms with van der Waals surface area (Å²) in [6.07, 6.45) is 0.994. The first-order valence-electron chi connectivity index (χ1n) is 6.45. The van der Waals surface area contributed by atoms with Crippen LogP contribution in [0.1, 0.15) is 22.4 Å². The fraction of sp³-hybridized carbons (Fsp3) is 0.400. The average Bonchev–Trinajstić information content (AvgIpc) is 2.36. The van der Waals surface area contributed by atoms with Gasteiger partial charge in [-0.05, 0) is 42.8 Å². The Balaban J connectivity index is 2.36. The summed E-state index contributed by atoms with van der Waals surface area (Å²) >= 11 is 12.4. The van der Waals surface area contributed by atoms with Crippen LogP contribution in [0.15, 0.2) is 12.1 Å². The molecule has 0 aliphatic carbocycles. The van der Waals surface area contributed by atoms with Gasteiger partial charge in [0.2, 0.25) is 0 Å². The van der Waals surface area contributed by atoms with Crippen LogP contribution >= 0.6 is 23.2 Å². The van der Waals surface area contributed by atoms with Gasteiger partial charge in [0.15, 0.2) is 0 Å². The highest BCUT2D eigenvalue weighted by molar-refractivity contribution is 6.31. The number of aryl methyl sites for hydroxylation is 1. The monoisotopic (exact) mass is 294 g/mol. The number of halogens is 2. The Morgan fingerprint density at radius 2 is 2.16 bits per heavy atom. The van der Waals surface area contributed by atoms with Gasteiger partial charge in [-0.3, -0.25) is 4.98 Å². The van der Waals surface area contributed by atoms with E-state index in [-0.39, 0.29) is 0 Å². The van der Waals surface area contributed by atoms with Crippen LogP contribution in [0.25, 0.3) is 10.9 Å². The number of rotatable bonds is 1. The van der Waals surface area contributed by atoms with E-state index in [4.69, 9.17) is 28.2 Å². The quantitative estimate of drug-likeness (QED) is 0.741. The molecule has 1 aromatic heterocycles. The molecular formula is C15H16Cl2N2. The van der Waals surface area contributed by atoms with Crippen molar-refractivity contribution in [1.29, 1.82) is 0 Å². The van der Waals surface area contributed by atoms with Crippen molar-refractivity contribution in [2.24, 2.45) is 0 Å². The maximum Gasteiger partial charge on any atom is 0.0738 e. The zero-order valence-corrected chi connectivity index (χ0v) is 12.6. The van der Waals surface area contributed by atoms with Crippen molar-refractivity contribution in [3.63, 3.8) is 0 Å². The van der Waals surface area contributed by atoms with Crippen LogP contribution in [0.4, 0.5) is 0 Å². The van der Waals surface area contributed by atoms with E-state index >= 15 is 0 Å². The summed E-state index contributed by atoms with van der Waals surface area (Å²) in [7, 11) is 2.13. The number of hydrogen-bond donors (Lipinski definition) is 0. The highest BCUT2D eigenvalue weighted by Gasteiger charge is 2.20. The Morgan fingerprint density at radius 3 is 2.89 bits per heavy atom. The van der Waals surface area contributed by atoms with Gasteiger partial charge < -0.3 is 4.90 Å². The molecule has 0 spiro atoms. The van der Waals surface area contributed by atoms with E-state index in [1.54, 1.807) is 0 Å². The fourth-order valence-electron chi connectivity index (χ4n) is 2.84. The molecule has 0 amide bonds. The second-order valence-corrected chi connectivity index (χ2v) is 5.96. The molecule has 0 radical (unpaired) electrons. The Kier molecular flexibility index (Phi) is 3.42. The molecule has 0 N–H and O–H groups in total. The van der Waals surface area contributed by atoms with Crippen molar-refractivity contribution in [1.82, 2.24) is 9.88 Å². The van der Waals surface area contributed by atoms with E-state index in [0.717, 1.165) is 41.0 Å². The van der Waals surface area contributed by atoms with Crippen molar-refractivity contribution in [2.45, 2.75) is 25.8 Å². The zero-order valence-electron chi connectivity index (χ0n) is 11.1. The summed E-state index contributed by atoms with van der Waals surface area (Å²) in [5, 5.41) is 1.86. The van der Waals surface area contributed by atoms with Crippen molar-refractivity contribution in [2.75, 3.05) is 13.6 Å². The standard InChI is InChI=1S/C15H16Cl2N2/c1-9-5-10(17)6-11-12(7-16)13-8-19(2)4-3-14(13)18-15(9)11/h5-6H,3-4,7-8H2,1-2H3. The van der Waals surface area contributed by atoms with Crippen LogP contribution in [0.2, 0.25) is 5.02 Å². The molecule has 4 heteroatoms. The fourth-order valence-corrected chi connectivity index (χ4v) is 3.42. The molecule has 3 rings (SSSR count). The van der Waals surface area contributed by atoms with Crippen LogP contribution in [-0.2, 0) is 18.8 Å². The Morgan fingerprint density at radius 1 is 1.37 bits per heavy atom. The van der Waals surface area contributed by atoms with Gasteiger partial charge in [-0.1, -0.05) is 11.6 Å². The molecule has 1 aromatic carbocycles. The van der Waals surface area contributed by atoms with Gasteiger partial charge in [0.25, 0.3) is 0 Å². The first kappa shape index (κ1) is 13.2. The van der Waals surface area contributed by atoms with E-state index < -0.39 is 0 Å². The second kappa shape index (κ2) is 4.93. The van der Waals surface area contributed by atoms with Crippen molar-refractivity contribution >= 4 is 34.1 Å². The lowest BCUT2D eigenvalue weighted by Gasteiger charge is -2.27. The normalized spacial score (nSPS) is 15.8. The second-order valence-electron chi connectivity index (χ2n) is 5.26. The molecule has 2 nitrogen and oxygen atoms in total. The minimum Gasteiger partial charge on any atom is -0.302 e. The number of fused-ring (bicyclic) bond motifs is 2. The predicted octanol–water partition coefficient (Wildman–Crippen LogP) is 3.92. The number of hydrogen-bond acceptors (Lipinski definition) is 2. The summed E-state index contributed by atoms with van der Waals surface area (Å²) in [6.45, 7) is 4.03. The number of likely N-dealkylation sites (N-methyl/N-ethyl adjacent to an activating group) is 1. The van der Waals surface area contributed by atoms with Gasteiger partial charge in [-0.15, -0.1) is 11.6 Å². The van der Waals surface area contributed by atoms with Gasteiger partial charge in [0.1, 0.15) is 0 Å². The maximum absolute atomic E-state index is 6.21. The molecule has 0 atom stereocenters. The summed E-state index contributed by atoms with van der Waals surface area (Å²) in [4.78, 5) is 7.16. The number of alkyl halides is 1. The van der Waals surface area contributed by atoms with E-state index in [9.17, 15) is 0 Å². The molecule has 1 aliphatic heterocycles. The summed E-state index contributed by atoms with van der Waals surface area (Å²) in [6, 6.07) is 3.96. The van der Waals surface area contributed by atoms with Crippen molar-refractivity contribution in [3.8, 4) is 0 Å². The van der Waals surface area contributed by atoms with Gasteiger partial charge in [-0.2, -0.15) is 0 Å². The van der Waals surface area contributed by atoms with Crippen molar-refractivity contribution < 1.29 is 0 Å². The van der Waals surface area contributed by atoms with Crippen LogP contribution in [-0.4, -0.2) is 23.5 Å². The Bertz CT molecular complexity index is 652. The minimum absolute atomic E-state index is 0.509. The molecular weight excluding hydrogens is 279 g/mol. The molecule has 100 valence electrons. The van der Waals surface area contributed by atoms with Gasteiger partial charge in [-0.25, -0.2) is 0 Å². The number of pyridine rings is 1. The topological polar surface area (TPSA) is 16.1 Å². The lowest BCUT2D eigenvalue weighted by molar-refractivity contribution is 0.309. The maximum atomic E-state index is 6.21. The third-order valence-corrected chi connectivity index (χ3v) is 4.33. The highest BCUT2D eigenvalue weighted by Crippen LogP contribution is 2.32. The van der Waals surface area contributed by atoms with Crippen molar-refractivity contribution in [3.05, 3.63) is 39.5 Å². The molecule has 2 aromatic rings. The first-order chi connectivity index (χ1) is 9.10. The lowest BCUT2D eigenvalue weighted by atomic mass is 9.96. The van der Waals surface area contributed by atoms with Gasteiger partial charge in [0, 0.05) is 41.5 Å². The van der Waals surface area contributed by atoms with Crippen LogP contribution < -0.4 is 0 Å². The third-order valence-electron chi connectivity index (χ3n) is 3.84. The van der Waals surface area contributed by atoms with Crippen LogP contribution in [0, 0.1) is 6.92 Å². The zero-order chi connectivity index (χ0) is 13.6. The number of aromatic nitrogens is 1. The molecule has 1 aliphatic rings. The summed E-state index contributed by atoms with van der Waals surface area (Å²) < 4.78 is 0. The first-order valence-corrected chi connectivity index (χ1v) is 7.36. The number of nitrogens with zero attached hydrogens (tertiary/aromatic N) is 2. The lowest BCUT2D eigenvalue weighted by Crippen LogP contribution is -2.28. The molecule has 0 saturated heterocycles. The molecule has 0 saturated carbocycles. The average molecular weight is 295 g/mol. The predicted molar refractivity (Wildman–Crippen MR) is 81.1 cm³/mol. The van der Waals surface area contributed by atoms with Crippen LogP contribution in [0.5, 0.6) is 0 Å². The van der Waals surface area contributed by atoms with E-state index in [1.807, 2.05) is 12.1 Å². The van der Waals surface area contributed by atoms with E-state index in [0.29, 0.717) is 5.88 Å². The molecule has 19 heavy (non-hydrogen) atoms. The molecule has 0 bridgehead atoms. The summed E-state index contributed by atoms with van der Waals surface area (Å²) in [5.41, 5.74) is 5.85. The van der Waals surface area contributed by atoms with Gasteiger partial charge in [0.05, 0.1) is 5.52 Å². The molecule has 0 unspecified atom stereocenters. The van der Waals surface area contributed by atoms with E-state index in [1.165, 1.54) is 16.8 Å². The molecule has 0 fully saturated rings. The van der Waals surface area contributed by atoms with Gasteiger partial charge >= 0.3 is 0 Å². The highest BCUT2D eigenvalue weighted by atomic mass is 35.5. The SMILES string of the molecule is Cc1cc(Cl)cc2c(CCl)c3c(nc12)CCN(C)C3. The molecule has 2 heterocycles.